The van der Waals surface area contributed by atoms with Gasteiger partial charge in [-0.3, -0.25) is 4.79 Å². The smallest absolute Gasteiger partial charge is 0.311 e. The highest BCUT2D eigenvalue weighted by Crippen LogP contribution is 2.42. The molecule has 16 heavy (non-hydrogen) atoms. The summed E-state index contributed by atoms with van der Waals surface area (Å²) in [5, 5.41) is 19.0. The molecule has 0 spiro atoms. The van der Waals surface area contributed by atoms with E-state index in [1.807, 2.05) is 6.92 Å². The Morgan fingerprint density at radius 1 is 1.25 bits per heavy atom. The quantitative estimate of drug-likeness (QED) is 0.465. The fourth-order valence-corrected chi connectivity index (χ4v) is 1.17. The van der Waals surface area contributed by atoms with Gasteiger partial charge < -0.3 is 19.7 Å². The van der Waals surface area contributed by atoms with E-state index in [-0.39, 0.29) is 17.9 Å². The Balaban J connectivity index is 2.90. The molecule has 5 nitrogen and oxygen atoms in total. The highest BCUT2D eigenvalue weighted by molar-refractivity contribution is 5.74. The van der Waals surface area contributed by atoms with Crippen LogP contribution in [0.4, 0.5) is 0 Å². The van der Waals surface area contributed by atoms with Crippen LogP contribution in [0.3, 0.4) is 0 Å². The van der Waals surface area contributed by atoms with Crippen LogP contribution >= 0.6 is 0 Å². The third kappa shape index (κ3) is 2.56. The molecule has 88 valence electrons. The number of benzene rings is 1. The molecule has 0 heterocycles. The largest absolute Gasteiger partial charge is 0.502 e. The van der Waals surface area contributed by atoms with Gasteiger partial charge in [0.2, 0.25) is 11.5 Å². The highest BCUT2D eigenvalue weighted by atomic mass is 16.5. The molecule has 0 unspecified atom stereocenters. The maximum Gasteiger partial charge on any atom is 0.311 e. The van der Waals surface area contributed by atoms with E-state index >= 15 is 0 Å². The molecule has 0 radical (unpaired) electrons. The topological polar surface area (TPSA) is 76.0 Å². The van der Waals surface area contributed by atoms with Gasteiger partial charge in [-0.1, -0.05) is 6.92 Å². The first-order valence-corrected chi connectivity index (χ1v) is 4.89. The molecule has 0 aliphatic rings. The van der Waals surface area contributed by atoms with Crippen LogP contribution in [0.2, 0.25) is 0 Å². The number of ether oxygens (including phenoxy) is 2. The monoisotopic (exact) mass is 226 g/mol. The number of methoxy groups -OCH3 is 1. The number of hydrogen-bond donors (Lipinski definition) is 2. The predicted molar refractivity (Wildman–Crippen MR) is 56.9 cm³/mol. The molecule has 0 amide bonds. The van der Waals surface area contributed by atoms with Crippen LogP contribution < -0.4 is 9.47 Å². The Morgan fingerprint density at radius 2 is 1.81 bits per heavy atom. The van der Waals surface area contributed by atoms with Crippen molar-refractivity contribution in [2.24, 2.45) is 0 Å². The molecular weight excluding hydrogens is 212 g/mol. The standard InChI is InChI=1S/C11H14O5/c1-3-4-9(12)16-8-6-5-7(15-2)10(13)11(8)14/h5-6,13-14H,3-4H2,1-2H3. The number of phenolic OH excluding ortho intramolecular Hbond substituents is 2. The van der Waals surface area contributed by atoms with Crippen LogP contribution in [0.5, 0.6) is 23.0 Å². The minimum absolute atomic E-state index is 0.0725. The Morgan fingerprint density at radius 3 is 2.38 bits per heavy atom. The molecule has 0 saturated heterocycles. The van der Waals surface area contributed by atoms with Crippen molar-refractivity contribution >= 4 is 5.97 Å². The summed E-state index contributed by atoms with van der Waals surface area (Å²) in [6.45, 7) is 1.84. The summed E-state index contributed by atoms with van der Waals surface area (Å²) >= 11 is 0. The van der Waals surface area contributed by atoms with Crippen molar-refractivity contribution in [3.05, 3.63) is 12.1 Å². The number of esters is 1. The zero-order valence-electron chi connectivity index (χ0n) is 9.19. The second-order valence-corrected chi connectivity index (χ2v) is 3.19. The zero-order chi connectivity index (χ0) is 12.1. The van der Waals surface area contributed by atoms with Crippen LogP contribution in [0, 0.1) is 0 Å². The van der Waals surface area contributed by atoms with Crippen molar-refractivity contribution in [1.29, 1.82) is 0 Å². The van der Waals surface area contributed by atoms with Gasteiger partial charge in [0.15, 0.2) is 11.5 Å². The Bertz CT molecular complexity index is 386. The summed E-state index contributed by atoms with van der Waals surface area (Å²) in [5.74, 6) is -1.35. The summed E-state index contributed by atoms with van der Waals surface area (Å²) in [4.78, 5) is 11.2. The van der Waals surface area contributed by atoms with Gasteiger partial charge in [0.1, 0.15) is 0 Å². The van der Waals surface area contributed by atoms with E-state index in [1.165, 1.54) is 19.2 Å². The molecule has 1 aromatic carbocycles. The summed E-state index contributed by atoms with van der Waals surface area (Å²) in [5.41, 5.74) is 0. The molecule has 1 rings (SSSR count). The molecule has 2 N–H and O–H groups in total. The average Bonchev–Trinajstić information content (AvgIpc) is 2.25. The van der Waals surface area contributed by atoms with E-state index in [0.29, 0.717) is 6.42 Å². The molecular formula is C11H14O5. The molecule has 0 aliphatic heterocycles. The van der Waals surface area contributed by atoms with Crippen molar-refractivity contribution in [3.8, 4) is 23.0 Å². The number of carbonyl (C=O) groups is 1. The average molecular weight is 226 g/mol. The number of phenols is 2. The number of aromatic hydroxyl groups is 2. The molecule has 0 aliphatic carbocycles. The van der Waals surface area contributed by atoms with Gasteiger partial charge in [0.25, 0.3) is 0 Å². The summed E-state index contributed by atoms with van der Waals surface area (Å²) in [6.07, 6.45) is 0.911. The summed E-state index contributed by atoms with van der Waals surface area (Å²) in [6, 6.07) is 2.77. The maximum absolute atomic E-state index is 11.2. The maximum atomic E-state index is 11.2. The first-order valence-electron chi connectivity index (χ1n) is 4.89. The van der Waals surface area contributed by atoms with Gasteiger partial charge >= 0.3 is 5.97 Å². The van der Waals surface area contributed by atoms with Gasteiger partial charge in [0.05, 0.1) is 7.11 Å². The molecule has 5 heteroatoms. The fraction of sp³-hybridized carbons (Fsp3) is 0.364. The molecule has 0 saturated carbocycles. The second kappa shape index (κ2) is 5.25. The van der Waals surface area contributed by atoms with E-state index in [1.54, 1.807) is 0 Å². The SMILES string of the molecule is CCCC(=O)Oc1ccc(OC)c(O)c1O. The Kier molecular flexibility index (Phi) is 3.99. The Hall–Kier alpha value is -1.91. The molecule has 0 atom stereocenters. The first-order chi connectivity index (χ1) is 7.60. The molecule has 0 bridgehead atoms. The number of carbonyl (C=O) groups excluding carboxylic acids is 1. The van der Waals surface area contributed by atoms with Crippen LogP contribution in [-0.4, -0.2) is 23.3 Å². The van der Waals surface area contributed by atoms with E-state index < -0.39 is 17.5 Å². The molecule has 0 fully saturated rings. The van der Waals surface area contributed by atoms with Crippen molar-refractivity contribution in [1.82, 2.24) is 0 Å². The molecule has 1 aromatic rings. The van der Waals surface area contributed by atoms with Crippen molar-refractivity contribution < 1.29 is 24.5 Å². The first kappa shape index (κ1) is 12.2. The van der Waals surface area contributed by atoms with Gasteiger partial charge in [-0.05, 0) is 18.6 Å². The lowest BCUT2D eigenvalue weighted by atomic mass is 10.2. The number of hydrogen-bond acceptors (Lipinski definition) is 5. The minimum atomic E-state index is -0.496. The molecule has 0 aromatic heterocycles. The van der Waals surface area contributed by atoms with Crippen LogP contribution in [0.25, 0.3) is 0 Å². The zero-order valence-corrected chi connectivity index (χ0v) is 9.19. The normalized spacial score (nSPS) is 9.88. The second-order valence-electron chi connectivity index (χ2n) is 3.19. The number of rotatable bonds is 4. The van der Waals surface area contributed by atoms with Crippen molar-refractivity contribution in [2.75, 3.05) is 7.11 Å². The predicted octanol–water partition coefficient (Wildman–Crippen LogP) is 1.81. The third-order valence-corrected chi connectivity index (χ3v) is 1.98. The van der Waals surface area contributed by atoms with E-state index in [0.717, 1.165) is 0 Å². The fourth-order valence-electron chi connectivity index (χ4n) is 1.17. The third-order valence-electron chi connectivity index (χ3n) is 1.98. The highest BCUT2D eigenvalue weighted by Gasteiger charge is 2.15. The minimum Gasteiger partial charge on any atom is -0.502 e. The van der Waals surface area contributed by atoms with Gasteiger partial charge in [0, 0.05) is 6.42 Å². The van der Waals surface area contributed by atoms with Crippen LogP contribution in [0.1, 0.15) is 19.8 Å². The van der Waals surface area contributed by atoms with Crippen molar-refractivity contribution in [3.63, 3.8) is 0 Å². The van der Waals surface area contributed by atoms with Gasteiger partial charge in [-0.15, -0.1) is 0 Å². The summed E-state index contributed by atoms with van der Waals surface area (Å²) < 4.78 is 9.64. The lowest BCUT2D eigenvalue weighted by molar-refractivity contribution is -0.134. The Labute approximate surface area is 93.2 Å². The van der Waals surface area contributed by atoms with E-state index in [4.69, 9.17) is 9.47 Å². The lowest BCUT2D eigenvalue weighted by Crippen LogP contribution is -2.07. The van der Waals surface area contributed by atoms with E-state index in [2.05, 4.69) is 0 Å². The van der Waals surface area contributed by atoms with Gasteiger partial charge in [-0.2, -0.15) is 0 Å². The van der Waals surface area contributed by atoms with Crippen LogP contribution in [0.15, 0.2) is 12.1 Å². The van der Waals surface area contributed by atoms with Crippen LogP contribution in [-0.2, 0) is 4.79 Å². The summed E-state index contributed by atoms with van der Waals surface area (Å²) in [7, 11) is 1.36. The van der Waals surface area contributed by atoms with Crippen molar-refractivity contribution in [2.45, 2.75) is 19.8 Å². The van der Waals surface area contributed by atoms with E-state index in [9.17, 15) is 15.0 Å². The lowest BCUT2D eigenvalue weighted by Gasteiger charge is -2.09. The van der Waals surface area contributed by atoms with Gasteiger partial charge in [-0.25, -0.2) is 0 Å².